The van der Waals surface area contributed by atoms with Gasteiger partial charge in [-0.3, -0.25) is 24.2 Å². The minimum Gasteiger partial charge on any atom is -0.354 e. The molecule has 44 heavy (non-hydrogen) atoms. The van der Waals surface area contributed by atoms with Crippen molar-refractivity contribution in [2.24, 2.45) is 5.92 Å². The summed E-state index contributed by atoms with van der Waals surface area (Å²) in [4.78, 5) is 63.3. The number of nitrogens with zero attached hydrogens (tertiary/aromatic N) is 5. The van der Waals surface area contributed by atoms with Crippen LogP contribution in [0.25, 0.3) is 0 Å². The van der Waals surface area contributed by atoms with Crippen LogP contribution in [0.5, 0.6) is 0 Å². The first-order valence-electron chi connectivity index (χ1n) is 14.8. The number of fused-ring (bicyclic) bond motifs is 1. The summed E-state index contributed by atoms with van der Waals surface area (Å²) in [7, 11) is 0. The molecule has 13 heteroatoms. The van der Waals surface area contributed by atoms with Gasteiger partial charge in [0, 0.05) is 44.9 Å². The third-order valence-electron chi connectivity index (χ3n) is 7.33. The van der Waals surface area contributed by atoms with Crippen LogP contribution < -0.4 is 16.0 Å². The van der Waals surface area contributed by atoms with E-state index in [4.69, 9.17) is 11.6 Å². The monoisotopic (exact) mass is 622 g/mol. The molecule has 0 saturated heterocycles. The van der Waals surface area contributed by atoms with Crippen LogP contribution >= 0.6 is 11.6 Å². The summed E-state index contributed by atoms with van der Waals surface area (Å²) in [6, 6.07) is 9.59. The fraction of sp³-hybridized carbons (Fsp3) is 0.452. The molecule has 0 saturated carbocycles. The van der Waals surface area contributed by atoms with Crippen LogP contribution in [0.15, 0.2) is 48.8 Å². The molecule has 4 amide bonds. The summed E-state index contributed by atoms with van der Waals surface area (Å²) in [6.07, 6.45) is 4.14. The number of benzene rings is 1. The molecule has 3 N–H and O–H groups in total. The van der Waals surface area contributed by atoms with E-state index in [9.17, 15) is 19.2 Å². The molecule has 1 aromatic carbocycles. The SMILES string of the molecule is Cc1nc2n(n1)CC(=O)NCCCN(C(=O)c1ccncc1Cl)CCCC(=O)N[C@H](Cc1ccccc1)C(=O)N[C@H]2C(C)C. The zero-order chi connectivity index (χ0) is 31.6. The quantitative estimate of drug-likeness (QED) is 0.405. The van der Waals surface area contributed by atoms with Crippen LogP contribution in [0.1, 0.15) is 66.7 Å². The number of rotatable bonds is 4. The van der Waals surface area contributed by atoms with E-state index < -0.39 is 12.1 Å². The maximum atomic E-state index is 13.8. The molecule has 0 radical (unpaired) electrons. The van der Waals surface area contributed by atoms with Gasteiger partial charge in [0.2, 0.25) is 17.7 Å². The van der Waals surface area contributed by atoms with Crippen molar-refractivity contribution >= 4 is 35.2 Å². The Bertz CT molecular complexity index is 1460. The zero-order valence-electron chi connectivity index (χ0n) is 25.3. The lowest BCUT2D eigenvalue weighted by Gasteiger charge is -2.26. The van der Waals surface area contributed by atoms with Gasteiger partial charge in [-0.1, -0.05) is 55.8 Å². The van der Waals surface area contributed by atoms with E-state index in [0.29, 0.717) is 43.1 Å². The molecule has 0 fully saturated rings. The van der Waals surface area contributed by atoms with Gasteiger partial charge in [-0.05, 0) is 37.3 Å². The van der Waals surface area contributed by atoms with E-state index in [1.165, 1.54) is 17.1 Å². The number of carbonyl (C=O) groups excluding carboxylic acids is 4. The van der Waals surface area contributed by atoms with Crippen LogP contribution in [-0.2, 0) is 27.3 Å². The zero-order valence-corrected chi connectivity index (χ0v) is 26.0. The predicted octanol–water partition coefficient (Wildman–Crippen LogP) is 2.62. The number of aryl methyl sites for hydroxylation is 1. The maximum absolute atomic E-state index is 13.8. The van der Waals surface area contributed by atoms with Crippen LogP contribution in [0, 0.1) is 12.8 Å². The highest BCUT2D eigenvalue weighted by Gasteiger charge is 2.30. The lowest BCUT2D eigenvalue weighted by molar-refractivity contribution is -0.129. The molecule has 2 atom stereocenters. The highest BCUT2D eigenvalue weighted by molar-refractivity contribution is 6.33. The van der Waals surface area contributed by atoms with Crippen molar-refractivity contribution in [1.29, 1.82) is 0 Å². The topological polar surface area (TPSA) is 151 Å². The van der Waals surface area contributed by atoms with Crippen molar-refractivity contribution in [3.8, 4) is 0 Å². The van der Waals surface area contributed by atoms with Gasteiger partial charge in [-0.25, -0.2) is 9.67 Å². The third-order valence-corrected chi connectivity index (χ3v) is 7.63. The van der Waals surface area contributed by atoms with E-state index in [1.54, 1.807) is 17.9 Å². The number of halogens is 1. The van der Waals surface area contributed by atoms with Crippen molar-refractivity contribution < 1.29 is 19.2 Å². The number of carbonyl (C=O) groups is 4. The average Bonchev–Trinajstić information content (AvgIpc) is 3.35. The Morgan fingerprint density at radius 2 is 1.80 bits per heavy atom. The molecular formula is C31H39ClN8O4. The van der Waals surface area contributed by atoms with E-state index in [1.807, 2.05) is 44.2 Å². The molecule has 234 valence electrons. The minimum absolute atomic E-state index is 0.0829. The molecule has 12 nitrogen and oxygen atoms in total. The molecular weight excluding hydrogens is 584 g/mol. The van der Waals surface area contributed by atoms with Gasteiger partial charge in [0.15, 0.2) is 5.82 Å². The molecule has 4 rings (SSSR count). The number of nitrogens with one attached hydrogen (secondary N) is 3. The molecule has 0 bridgehead atoms. The standard InChI is InChI=1S/C31H39ClN8O4/c1-20(2)28-29-35-21(3)38-40(29)19-27(42)34-13-8-16-39(31(44)23-12-14-33-18-24(23)32)15-7-11-26(41)36-25(30(43)37-28)17-22-9-5-4-6-10-22/h4-6,9-10,12,14,18,20,25,28H,7-8,11,13,15-17,19H2,1-3H3,(H,34,42)(H,36,41)(H,37,43)/t25-,28+/m1/s1. The summed E-state index contributed by atoms with van der Waals surface area (Å²) in [6.45, 7) is 6.47. The Balaban J connectivity index is 1.61. The number of aromatic nitrogens is 4. The fourth-order valence-corrected chi connectivity index (χ4v) is 5.28. The summed E-state index contributed by atoms with van der Waals surface area (Å²) in [5.74, 6) is -0.389. The van der Waals surface area contributed by atoms with Crippen molar-refractivity contribution in [3.63, 3.8) is 0 Å². The second-order valence-electron chi connectivity index (χ2n) is 11.2. The fourth-order valence-electron chi connectivity index (χ4n) is 5.08. The largest absolute Gasteiger partial charge is 0.354 e. The van der Waals surface area contributed by atoms with E-state index in [2.05, 4.69) is 31.0 Å². The third kappa shape index (κ3) is 8.85. The molecule has 1 aliphatic rings. The van der Waals surface area contributed by atoms with E-state index in [0.717, 1.165) is 5.56 Å². The number of amides is 4. The van der Waals surface area contributed by atoms with Crippen LogP contribution in [0.2, 0.25) is 5.02 Å². The van der Waals surface area contributed by atoms with Crippen LogP contribution in [-0.4, -0.2) is 74.0 Å². The van der Waals surface area contributed by atoms with Crippen molar-refractivity contribution in [1.82, 2.24) is 40.6 Å². The lowest BCUT2D eigenvalue weighted by Crippen LogP contribution is -2.50. The molecule has 3 aromatic rings. The number of hydrogen-bond donors (Lipinski definition) is 3. The summed E-state index contributed by atoms with van der Waals surface area (Å²) in [5.41, 5.74) is 1.20. The van der Waals surface area contributed by atoms with Crippen molar-refractivity contribution in [2.45, 2.75) is 65.1 Å². The minimum atomic E-state index is -0.862. The average molecular weight is 623 g/mol. The van der Waals surface area contributed by atoms with Gasteiger partial charge in [-0.2, -0.15) is 5.10 Å². The first kappa shape index (κ1) is 32.6. The molecule has 2 aromatic heterocycles. The van der Waals surface area contributed by atoms with Gasteiger partial charge in [0.1, 0.15) is 18.4 Å². The Kier molecular flexibility index (Phi) is 11.4. The van der Waals surface area contributed by atoms with Gasteiger partial charge < -0.3 is 20.9 Å². The summed E-state index contributed by atoms with van der Waals surface area (Å²) in [5, 5.41) is 13.5. The van der Waals surface area contributed by atoms with Crippen LogP contribution in [0.3, 0.4) is 0 Å². The van der Waals surface area contributed by atoms with E-state index >= 15 is 0 Å². The second-order valence-corrected chi connectivity index (χ2v) is 11.6. The van der Waals surface area contributed by atoms with E-state index in [-0.39, 0.29) is 60.5 Å². The first-order valence-corrected chi connectivity index (χ1v) is 15.2. The van der Waals surface area contributed by atoms with Gasteiger partial charge in [-0.15, -0.1) is 0 Å². The Morgan fingerprint density at radius 1 is 1.05 bits per heavy atom. The number of hydrogen-bond acceptors (Lipinski definition) is 7. The Hall–Kier alpha value is -4.32. The second kappa shape index (κ2) is 15.4. The Morgan fingerprint density at radius 3 is 2.52 bits per heavy atom. The Labute approximate surface area is 262 Å². The molecule has 1 aliphatic heterocycles. The smallest absolute Gasteiger partial charge is 0.255 e. The summed E-state index contributed by atoms with van der Waals surface area (Å²) >= 11 is 6.25. The molecule has 0 spiro atoms. The number of pyridine rings is 1. The van der Waals surface area contributed by atoms with Gasteiger partial charge in [0.05, 0.1) is 16.6 Å². The van der Waals surface area contributed by atoms with Crippen molar-refractivity contribution in [2.75, 3.05) is 19.6 Å². The van der Waals surface area contributed by atoms with Gasteiger partial charge in [0.25, 0.3) is 5.91 Å². The predicted molar refractivity (Wildman–Crippen MR) is 165 cm³/mol. The van der Waals surface area contributed by atoms with Crippen molar-refractivity contribution in [3.05, 3.63) is 76.6 Å². The highest BCUT2D eigenvalue weighted by Crippen LogP contribution is 2.21. The summed E-state index contributed by atoms with van der Waals surface area (Å²) < 4.78 is 1.50. The lowest BCUT2D eigenvalue weighted by atomic mass is 10.0. The first-order chi connectivity index (χ1) is 21.1. The molecule has 0 unspecified atom stereocenters. The van der Waals surface area contributed by atoms with Gasteiger partial charge >= 0.3 is 0 Å². The van der Waals surface area contributed by atoms with Crippen LogP contribution in [0.4, 0.5) is 0 Å². The maximum Gasteiger partial charge on any atom is 0.255 e. The highest BCUT2D eigenvalue weighted by atomic mass is 35.5. The normalized spacial score (nSPS) is 19.3. The molecule has 3 heterocycles. The molecule has 0 aliphatic carbocycles.